The van der Waals surface area contributed by atoms with Gasteiger partial charge in [0.15, 0.2) is 0 Å². The van der Waals surface area contributed by atoms with Crippen molar-refractivity contribution in [1.82, 2.24) is 10.2 Å². The van der Waals surface area contributed by atoms with Gasteiger partial charge in [-0.05, 0) is 20.0 Å². The lowest BCUT2D eigenvalue weighted by molar-refractivity contribution is 0.277. The minimum atomic E-state index is 0.581. The summed E-state index contributed by atoms with van der Waals surface area (Å²) in [4.78, 5) is 2.24. The molecule has 0 aliphatic rings. The van der Waals surface area contributed by atoms with Gasteiger partial charge in [-0.25, -0.2) is 0 Å². The second-order valence-corrected chi connectivity index (χ2v) is 4.43. The van der Waals surface area contributed by atoms with Crippen LogP contribution in [0.3, 0.4) is 0 Å². The van der Waals surface area contributed by atoms with E-state index in [-0.39, 0.29) is 0 Å². The average molecular weight is 172 g/mol. The van der Waals surface area contributed by atoms with Gasteiger partial charge in [-0.3, -0.25) is 0 Å². The van der Waals surface area contributed by atoms with Gasteiger partial charge in [0.05, 0.1) is 0 Å². The zero-order valence-electron chi connectivity index (χ0n) is 9.39. The molecule has 1 atom stereocenters. The van der Waals surface area contributed by atoms with Crippen molar-refractivity contribution in [2.24, 2.45) is 5.92 Å². The smallest absolute Gasteiger partial charge is 0.0220 e. The van der Waals surface area contributed by atoms with Gasteiger partial charge in [0.1, 0.15) is 0 Å². The van der Waals surface area contributed by atoms with Gasteiger partial charge < -0.3 is 10.2 Å². The van der Waals surface area contributed by atoms with Crippen molar-refractivity contribution in [2.75, 3.05) is 20.6 Å². The Morgan fingerprint density at radius 3 is 1.83 bits per heavy atom. The number of nitrogens with zero attached hydrogens (tertiary/aromatic N) is 1. The molecule has 0 aliphatic carbocycles. The van der Waals surface area contributed by atoms with E-state index in [2.05, 4.69) is 52.0 Å². The Bertz CT molecular complexity index is 98.4. The van der Waals surface area contributed by atoms with Crippen molar-refractivity contribution in [3.63, 3.8) is 0 Å². The van der Waals surface area contributed by atoms with Crippen LogP contribution in [0.4, 0.5) is 0 Å². The van der Waals surface area contributed by atoms with E-state index in [1.807, 2.05) is 0 Å². The molecule has 0 aromatic carbocycles. The zero-order valence-corrected chi connectivity index (χ0v) is 9.39. The molecule has 0 fully saturated rings. The van der Waals surface area contributed by atoms with Gasteiger partial charge in [-0.15, -0.1) is 0 Å². The first-order valence-electron chi connectivity index (χ1n) is 4.84. The van der Waals surface area contributed by atoms with E-state index in [9.17, 15) is 0 Å². The van der Waals surface area contributed by atoms with Crippen molar-refractivity contribution in [3.05, 3.63) is 0 Å². The summed E-state index contributed by atoms with van der Waals surface area (Å²) >= 11 is 0. The maximum Gasteiger partial charge on any atom is 0.0220 e. The van der Waals surface area contributed by atoms with E-state index in [0.717, 1.165) is 6.54 Å². The quantitative estimate of drug-likeness (QED) is 0.677. The van der Waals surface area contributed by atoms with Crippen LogP contribution < -0.4 is 5.32 Å². The summed E-state index contributed by atoms with van der Waals surface area (Å²) in [5.74, 6) is 0.704. The van der Waals surface area contributed by atoms with Crippen molar-refractivity contribution in [2.45, 2.75) is 39.8 Å². The summed E-state index contributed by atoms with van der Waals surface area (Å²) in [6.45, 7) is 10.1. The van der Waals surface area contributed by atoms with Crippen LogP contribution in [0.1, 0.15) is 27.7 Å². The minimum absolute atomic E-state index is 0.581. The first-order chi connectivity index (χ1) is 5.43. The highest BCUT2D eigenvalue weighted by molar-refractivity contribution is 4.74. The lowest BCUT2D eigenvalue weighted by Crippen LogP contribution is -2.45. The van der Waals surface area contributed by atoms with Crippen LogP contribution in [-0.4, -0.2) is 37.6 Å². The second-order valence-electron chi connectivity index (χ2n) is 4.43. The molecule has 0 amide bonds. The molecule has 0 rings (SSSR count). The van der Waals surface area contributed by atoms with Crippen LogP contribution in [0.15, 0.2) is 0 Å². The third-order valence-electron chi connectivity index (χ3n) is 1.91. The molecule has 12 heavy (non-hydrogen) atoms. The van der Waals surface area contributed by atoms with Crippen LogP contribution in [-0.2, 0) is 0 Å². The maximum absolute atomic E-state index is 3.57. The average Bonchev–Trinajstić information content (AvgIpc) is 1.83. The molecule has 0 aromatic heterocycles. The third kappa shape index (κ3) is 5.56. The lowest BCUT2D eigenvalue weighted by atomic mass is 10.0. The predicted octanol–water partition coefficient (Wildman–Crippen LogP) is 1.57. The van der Waals surface area contributed by atoms with Crippen LogP contribution in [0.2, 0.25) is 0 Å². The molecule has 0 aromatic rings. The maximum atomic E-state index is 3.57. The monoisotopic (exact) mass is 172 g/mol. The van der Waals surface area contributed by atoms with Gasteiger partial charge in [0.2, 0.25) is 0 Å². The SMILES string of the molecule is CC(C)N[C@H](CN(C)C)C(C)C. The van der Waals surface area contributed by atoms with E-state index in [0.29, 0.717) is 18.0 Å². The lowest BCUT2D eigenvalue weighted by Gasteiger charge is -2.27. The van der Waals surface area contributed by atoms with Crippen LogP contribution in [0, 0.1) is 5.92 Å². The standard InChI is InChI=1S/C10H24N2/c1-8(2)10(7-12(5)6)11-9(3)4/h8-11H,7H2,1-6H3/t10-/m1/s1. The second kappa shape index (κ2) is 5.55. The summed E-state index contributed by atoms with van der Waals surface area (Å²) in [5.41, 5.74) is 0. The van der Waals surface area contributed by atoms with Gasteiger partial charge in [-0.1, -0.05) is 27.7 Å². The molecule has 0 unspecified atom stereocenters. The van der Waals surface area contributed by atoms with Crippen LogP contribution >= 0.6 is 0 Å². The summed E-state index contributed by atoms with van der Waals surface area (Å²) in [5, 5.41) is 3.57. The summed E-state index contributed by atoms with van der Waals surface area (Å²) < 4.78 is 0. The fourth-order valence-electron chi connectivity index (χ4n) is 1.28. The number of hydrogen-bond donors (Lipinski definition) is 1. The number of hydrogen-bond acceptors (Lipinski definition) is 2. The van der Waals surface area contributed by atoms with Crippen molar-refractivity contribution < 1.29 is 0 Å². The number of likely N-dealkylation sites (N-methyl/N-ethyl adjacent to an activating group) is 1. The Morgan fingerprint density at radius 1 is 1.08 bits per heavy atom. The van der Waals surface area contributed by atoms with Gasteiger partial charge in [0, 0.05) is 18.6 Å². The molecule has 0 saturated carbocycles. The Hall–Kier alpha value is -0.0800. The van der Waals surface area contributed by atoms with Gasteiger partial charge >= 0.3 is 0 Å². The van der Waals surface area contributed by atoms with Gasteiger partial charge in [0.25, 0.3) is 0 Å². The molecule has 2 nitrogen and oxygen atoms in total. The first-order valence-corrected chi connectivity index (χ1v) is 4.84. The highest BCUT2D eigenvalue weighted by Gasteiger charge is 2.14. The molecular formula is C10H24N2. The van der Waals surface area contributed by atoms with E-state index < -0.39 is 0 Å². The number of rotatable bonds is 5. The Morgan fingerprint density at radius 2 is 1.58 bits per heavy atom. The molecule has 1 N–H and O–H groups in total. The molecule has 0 heterocycles. The summed E-state index contributed by atoms with van der Waals surface area (Å²) in [6, 6.07) is 1.19. The Kier molecular flexibility index (Phi) is 5.51. The van der Waals surface area contributed by atoms with E-state index in [4.69, 9.17) is 0 Å². The number of nitrogens with one attached hydrogen (secondary N) is 1. The molecule has 0 aliphatic heterocycles. The Balaban J connectivity index is 3.87. The predicted molar refractivity (Wildman–Crippen MR) is 55.5 cm³/mol. The first kappa shape index (κ1) is 11.9. The van der Waals surface area contributed by atoms with Crippen molar-refractivity contribution >= 4 is 0 Å². The fourth-order valence-corrected chi connectivity index (χ4v) is 1.28. The molecule has 0 radical (unpaired) electrons. The van der Waals surface area contributed by atoms with E-state index in [1.165, 1.54) is 0 Å². The minimum Gasteiger partial charge on any atom is -0.310 e. The topological polar surface area (TPSA) is 15.3 Å². The Labute approximate surface area is 77.3 Å². The molecule has 0 spiro atoms. The fraction of sp³-hybridized carbons (Fsp3) is 1.00. The highest BCUT2D eigenvalue weighted by Crippen LogP contribution is 2.03. The molecule has 2 heteroatoms. The van der Waals surface area contributed by atoms with E-state index in [1.54, 1.807) is 0 Å². The van der Waals surface area contributed by atoms with Crippen LogP contribution in [0.5, 0.6) is 0 Å². The van der Waals surface area contributed by atoms with Crippen molar-refractivity contribution in [1.29, 1.82) is 0 Å². The molecule has 74 valence electrons. The molecular weight excluding hydrogens is 148 g/mol. The van der Waals surface area contributed by atoms with Crippen molar-refractivity contribution in [3.8, 4) is 0 Å². The molecule has 0 saturated heterocycles. The third-order valence-corrected chi connectivity index (χ3v) is 1.91. The normalized spacial score (nSPS) is 14.8. The van der Waals surface area contributed by atoms with Gasteiger partial charge in [-0.2, -0.15) is 0 Å². The molecule has 0 bridgehead atoms. The summed E-state index contributed by atoms with van der Waals surface area (Å²) in [6.07, 6.45) is 0. The van der Waals surface area contributed by atoms with E-state index >= 15 is 0 Å². The largest absolute Gasteiger partial charge is 0.310 e. The van der Waals surface area contributed by atoms with Crippen LogP contribution in [0.25, 0.3) is 0 Å². The highest BCUT2D eigenvalue weighted by atomic mass is 15.1. The summed E-state index contributed by atoms with van der Waals surface area (Å²) in [7, 11) is 4.24. The zero-order chi connectivity index (χ0) is 9.72.